The van der Waals surface area contributed by atoms with Crippen LogP contribution in [0.5, 0.6) is 0 Å². The van der Waals surface area contributed by atoms with E-state index in [2.05, 4.69) is 129 Å². The minimum Gasteiger partial charge on any atom is -0.394 e. The molecule has 3 saturated heterocycles. The second-order valence-corrected chi connectivity index (χ2v) is 30.3. The van der Waals surface area contributed by atoms with Crippen molar-refractivity contribution >= 4 is 5.91 Å². The first-order valence-corrected chi connectivity index (χ1v) is 43.3. The van der Waals surface area contributed by atoms with E-state index in [9.17, 15) is 61.0 Å². The van der Waals surface area contributed by atoms with E-state index in [1.807, 2.05) is 6.08 Å². The van der Waals surface area contributed by atoms with Gasteiger partial charge in [0.15, 0.2) is 18.9 Å². The van der Waals surface area contributed by atoms with E-state index >= 15 is 0 Å². The molecule has 17 atom stereocenters. The molecule has 17 unspecified atom stereocenters. The number of allylic oxidation sites excluding steroid dienone is 19. The minimum absolute atomic E-state index is 0.223. The predicted molar refractivity (Wildman–Crippen MR) is 438 cm³/mol. The van der Waals surface area contributed by atoms with E-state index in [-0.39, 0.29) is 18.9 Å². The van der Waals surface area contributed by atoms with Crippen molar-refractivity contribution in [1.29, 1.82) is 0 Å². The number of amides is 1. The first-order valence-electron chi connectivity index (χ1n) is 43.3. The lowest BCUT2D eigenvalue weighted by Gasteiger charge is -2.48. The summed E-state index contributed by atoms with van der Waals surface area (Å²) in [6.45, 7) is 1.64. The number of ether oxygens (including phenoxy) is 6. The molecule has 0 aromatic heterocycles. The number of aliphatic hydroxyl groups is 11. The van der Waals surface area contributed by atoms with Crippen molar-refractivity contribution in [3.63, 3.8) is 0 Å². The number of nitrogens with one attached hydrogen (secondary N) is 1. The SMILES string of the molecule is CC/C=C\C/C=C\C/C=C\C/C=C\C/C=C\C/C=C\C/C=C\C/C=C\C/C=C\CCCCCCCCCC(=O)NC(COC1OC(CO)C(OC2OC(CO)C(OC3OC(CO)C(O)C(O)C3O)C(O)C2O)C(O)C1O)C(O)/C=C/CCCCCCCCCCCCCCCCCCCCCCCCCCCCC. The fourth-order valence-corrected chi connectivity index (χ4v) is 13.9. The molecule has 0 bridgehead atoms. The van der Waals surface area contributed by atoms with Crippen LogP contribution in [0.4, 0.5) is 0 Å². The Balaban J connectivity index is 1.37. The van der Waals surface area contributed by atoms with Gasteiger partial charge in [-0.2, -0.15) is 0 Å². The number of hydrogen-bond donors (Lipinski definition) is 12. The van der Waals surface area contributed by atoms with Gasteiger partial charge < -0.3 is 89.9 Å². The second kappa shape index (κ2) is 68.6. The summed E-state index contributed by atoms with van der Waals surface area (Å²) in [5.74, 6) is -0.288. The van der Waals surface area contributed by atoms with Gasteiger partial charge in [-0.1, -0.05) is 334 Å². The van der Waals surface area contributed by atoms with Crippen LogP contribution in [0.2, 0.25) is 0 Å². The molecule has 3 aliphatic heterocycles. The lowest BCUT2D eigenvalue weighted by Crippen LogP contribution is -2.66. The van der Waals surface area contributed by atoms with Crippen LogP contribution in [0.3, 0.4) is 0 Å². The number of rotatable bonds is 68. The Morgan fingerprint density at radius 1 is 0.339 bits per heavy atom. The highest BCUT2D eigenvalue weighted by atomic mass is 16.8. The zero-order chi connectivity index (χ0) is 78.8. The first kappa shape index (κ1) is 99.4. The van der Waals surface area contributed by atoms with Gasteiger partial charge in [-0.15, -0.1) is 0 Å². The fraction of sp³-hybridized carbons (Fsp3) is 0.767. The lowest BCUT2D eigenvalue weighted by molar-refractivity contribution is -0.379. The molecule has 0 radical (unpaired) electrons. The highest BCUT2D eigenvalue weighted by Gasteiger charge is 2.54. The van der Waals surface area contributed by atoms with Crippen molar-refractivity contribution in [3.8, 4) is 0 Å². The average molecular weight is 1540 g/mol. The summed E-state index contributed by atoms with van der Waals surface area (Å²) in [6.07, 6.45) is 70.4. The molecule has 0 spiro atoms. The predicted octanol–water partition coefficient (Wildman–Crippen LogP) is 15.8. The molecule has 12 N–H and O–H groups in total. The van der Waals surface area contributed by atoms with Crippen molar-refractivity contribution in [3.05, 3.63) is 122 Å². The smallest absolute Gasteiger partial charge is 0.220 e. The summed E-state index contributed by atoms with van der Waals surface area (Å²) in [5, 5.41) is 121. The van der Waals surface area contributed by atoms with Gasteiger partial charge in [0, 0.05) is 6.42 Å². The highest BCUT2D eigenvalue weighted by Crippen LogP contribution is 2.33. The standard InChI is InChI=1S/C90H155NO18/c1-3-5-7-9-11-13-15-17-19-21-23-25-27-29-31-33-34-35-36-37-38-40-42-44-46-48-50-52-54-56-58-60-62-64-66-68-78(96)91-73(74(95)67-65-63-61-59-57-55-53-51-49-47-45-43-41-39-32-30-28-26-24-22-20-18-16-14-12-10-8-6-4-2)72-104-88-84(102)81(99)86(76(70-93)106-88)109-90-85(103)82(100)87(77(71-94)107-90)108-89-83(101)80(98)79(97)75(69-92)105-89/h5,7,11,13,17,19,23,25,29,31,34-35,37-38,42,44,48,50,65,67,73-77,79-90,92-95,97-103H,3-4,6,8-10,12,14-16,18,20-22,24,26-28,30,32-33,36,39-41,43,45-47,49,51-64,66,68-72H2,1-2H3,(H,91,96)/b7-5-,13-11-,19-17-,25-23-,31-29-,35-34-,38-37-,44-42-,50-48-,67-65+. The minimum atomic E-state index is -1.99. The summed E-state index contributed by atoms with van der Waals surface area (Å²) in [4.78, 5) is 13.5. The molecule has 0 saturated carbocycles. The van der Waals surface area contributed by atoms with Gasteiger partial charge in [-0.3, -0.25) is 4.79 Å². The number of unbranched alkanes of at least 4 members (excludes halogenated alkanes) is 34. The molecule has 0 aromatic rings. The van der Waals surface area contributed by atoms with Crippen molar-refractivity contribution in [1.82, 2.24) is 5.32 Å². The molecule has 1 amide bonds. The zero-order valence-corrected chi connectivity index (χ0v) is 67.5. The van der Waals surface area contributed by atoms with Crippen LogP contribution in [0.1, 0.15) is 309 Å². The summed E-state index contributed by atoms with van der Waals surface area (Å²) < 4.78 is 34.5. The number of carbonyl (C=O) groups is 1. The second-order valence-electron chi connectivity index (χ2n) is 30.3. The Bertz CT molecular complexity index is 2440. The Hall–Kier alpha value is -3.81. The van der Waals surface area contributed by atoms with E-state index in [1.165, 1.54) is 154 Å². The van der Waals surface area contributed by atoms with Crippen LogP contribution in [-0.2, 0) is 33.2 Å². The third-order valence-corrected chi connectivity index (χ3v) is 20.8. The summed E-state index contributed by atoms with van der Waals surface area (Å²) >= 11 is 0. The molecule has 3 fully saturated rings. The largest absolute Gasteiger partial charge is 0.394 e. The maximum absolute atomic E-state index is 13.5. The maximum Gasteiger partial charge on any atom is 0.220 e. The van der Waals surface area contributed by atoms with E-state index < -0.39 is 124 Å². The van der Waals surface area contributed by atoms with Crippen LogP contribution < -0.4 is 5.32 Å². The zero-order valence-electron chi connectivity index (χ0n) is 67.5. The number of hydrogen-bond acceptors (Lipinski definition) is 18. The van der Waals surface area contributed by atoms with Gasteiger partial charge in [0.05, 0.1) is 38.6 Å². The number of carbonyl (C=O) groups excluding carboxylic acids is 1. The van der Waals surface area contributed by atoms with Gasteiger partial charge in [0.1, 0.15) is 73.2 Å². The maximum atomic E-state index is 13.5. The summed E-state index contributed by atoms with van der Waals surface area (Å²) in [7, 11) is 0. The first-order chi connectivity index (χ1) is 53.3. The topological polar surface area (TPSA) is 307 Å². The van der Waals surface area contributed by atoms with Crippen molar-refractivity contribution in [2.75, 3.05) is 26.4 Å². The monoisotopic (exact) mass is 1540 g/mol. The molecule has 628 valence electrons. The van der Waals surface area contributed by atoms with Gasteiger partial charge >= 0.3 is 0 Å². The Kier molecular flexibility index (Phi) is 62.5. The van der Waals surface area contributed by atoms with Gasteiger partial charge in [0.25, 0.3) is 0 Å². The van der Waals surface area contributed by atoms with Crippen molar-refractivity contribution < 1.29 is 89.4 Å². The molecule has 19 nitrogen and oxygen atoms in total. The quantitative estimate of drug-likeness (QED) is 0.0199. The highest BCUT2D eigenvalue weighted by molar-refractivity contribution is 5.76. The van der Waals surface area contributed by atoms with Crippen molar-refractivity contribution in [2.24, 2.45) is 0 Å². The molecule has 3 aliphatic rings. The third-order valence-electron chi connectivity index (χ3n) is 20.8. The lowest BCUT2D eigenvalue weighted by atomic mass is 9.96. The number of aliphatic hydroxyl groups excluding tert-OH is 11. The molecule has 19 heteroatoms. The van der Waals surface area contributed by atoms with Crippen LogP contribution >= 0.6 is 0 Å². The van der Waals surface area contributed by atoms with Gasteiger partial charge in [-0.05, 0) is 89.9 Å². The van der Waals surface area contributed by atoms with E-state index in [0.717, 1.165) is 128 Å². The van der Waals surface area contributed by atoms with E-state index in [0.29, 0.717) is 6.42 Å². The molecule has 3 rings (SSSR count). The van der Waals surface area contributed by atoms with E-state index in [4.69, 9.17) is 28.4 Å². The summed E-state index contributed by atoms with van der Waals surface area (Å²) in [6, 6.07) is -0.991. The molecule has 0 aromatic carbocycles. The normalized spacial score (nSPS) is 25.9. The third kappa shape index (κ3) is 47.6. The van der Waals surface area contributed by atoms with Crippen molar-refractivity contribution in [2.45, 2.75) is 413 Å². The Morgan fingerprint density at radius 3 is 0.991 bits per heavy atom. The van der Waals surface area contributed by atoms with Crippen LogP contribution in [0.25, 0.3) is 0 Å². The van der Waals surface area contributed by atoms with Gasteiger partial charge in [-0.25, -0.2) is 0 Å². The average Bonchev–Trinajstić information content (AvgIpc) is 0.749. The Labute approximate surface area is 658 Å². The fourth-order valence-electron chi connectivity index (χ4n) is 13.9. The molecular weight excluding hydrogens is 1380 g/mol. The van der Waals surface area contributed by atoms with Crippen LogP contribution in [-0.4, -0.2) is 193 Å². The molecule has 0 aliphatic carbocycles. The van der Waals surface area contributed by atoms with E-state index in [1.54, 1.807) is 6.08 Å². The van der Waals surface area contributed by atoms with Crippen LogP contribution in [0.15, 0.2) is 122 Å². The molecule has 3 heterocycles. The molecule has 109 heavy (non-hydrogen) atoms. The van der Waals surface area contributed by atoms with Gasteiger partial charge in [0.2, 0.25) is 5.91 Å². The van der Waals surface area contributed by atoms with Crippen LogP contribution in [0, 0.1) is 0 Å². The summed E-state index contributed by atoms with van der Waals surface area (Å²) in [5.41, 5.74) is 0. The molecular formula is C90H155NO18. The Morgan fingerprint density at radius 2 is 0.633 bits per heavy atom.